The second kappa shape index (κ2) is 5.77. The summed E-state index contributed by atoms with van der Waals surface area (Å²) in [6, 6.07) is 5.29. The molecule has 1 aromatic heterocycles. The van der Waals surface area contributed by atoms with Crippen LogP contribution in [0.2, 0.25) is 0 Å². The third-order valence-electron chi connectivity index (χ3n) is 2.74. The predicted molar refractivity (Wildman–Crippen MR) is 70.4 cm³/mol. The van der Waals surface area contributed by atoms with Crippen LogP contribution in [0.5, 0.6) is 5.75 Å². The number of aromatic nitrogens is 2. The van der Waals surface area contributed by atoms with Crippen LogP contribution >= 0.6 is 11.6 Å². The third kappa shape index (κ3) is 3.55. The molecule has 0 atom stereocenters. The maximum atomic E-state index is 12.1. The number of halogens is 4. The van der Waals surface area contributed by atoms with E-state index in [-0.39, 0.29) is 23.2 Å². The molecule has 0 unspecified atom stereocenters. The highest BCUT2D eigenvalue weighted by Gasteiger charge is 2.31. The van der Waals surface area contributed by atoms with Crippen LogP contribution < -0.4 is 4.74 Å². The molecule has 0 aliphatic heterocycles. The van der Waals surface area contributed by atoms with E-state index in [0.717, 1.165) is 0 Å². The normalized spacial score (nSPS) is 11.5. The van der Waals surface area contributed by atoms with Gasteiger partial charge in [0, 0.05) is 12.6 Å². The topological polar surface area (TPSA) is 44.1 Å². The maximum Gasteiger partial charge on any atom is 0.573 e. The van der Waals surface area contributed by atoms with E-state index in [1.807, 2.05) is 0 Å². The molecule has 0 fully saturated rings. The van der Waals surface area contributed by atoms with Gasteiger partial charge < -0.3 is 9.30 Å². The van der Waals surface area contributed by atoms with Crippen LogP contribution in [-0.4, -0.2) is 27.6 Å². The molecule has 1 heterocycles. The fraction of sp³-hybridized carbons (Fsp3) is 0.231. The van der Waals surface area contributed by atoms with Crippen LogP contribution in [0.15, 0.2) is 30.5 Å². The Labute approximate surface area is 123 Å². The summed E-state index contributed by atoms with van der Waals surface area (Å²) >= 11 is 5.47. The average molecular weight is 319 g/mol. The lowest BCUT2D eigenvalue weighted by atomic mass is 10.1. The van der Waals surface area contributed by atoms with Gasteiger partial charge in [-0.2, -0.15) is 0 Å². The highest BCUT2D eigenvalue weighted by molar-refractivity contribution is 6.30. The standard InChI is InChI=1S/C13H10ClF3N2O2/c1-19-10(7-18-12(19)11(20)6-14)8-2-4-9(5-3-8)21-13(15,16)17/h2-5,7H,6H2,1H3. The first-order valence-corrected chi connectivity index (χ1v) is 6.32. The molecule has 2 aromatic rings. The molecule has 1 aromatic carbocycles. The highest BCUT2D eigenvalue weighted by Crippen LogP contribution is 2.26. The van der Waals surface area contributed by atoms with Gasteiger partial charge in [-0.15, -0.1) is 24.8 Å². The molecule has 21 heavy (non-hydrogen) atoms. The first-order chi connectivity index (χ1) is 9.81. The van der Waals surface area contributed by atoms with E-state index < -0.39 is 6.36 Å². The van der Waals surface area contributed by atoms with E-state index in [1.165, 1.54) is 35.0 Å². The molecule has 112 valence electrons. The minimum Gasteiger partial charge on any atom is -0.406 e. The summed E-state index contributed by atoms with van der Waals surface area (Å²) in [6.45, 7) is 0. The molecule has 0 N–H and O–H groups in total. The molecular formula is C13H10ClF3N2O2. The first kappa shape index (κ1) is 15.4. The summed E-state index contributed by atoms with van der Waals surface area (Å²) < 4.78 is 41.5. The summed E-state index contributed by atoms with van der Waals surface area (Å²) in [5.41, 5.74) is 1.19. The fourth-order valence-corrected chi connectivity index (χ4v) is 1.94. The molecule has 0 amide bonds. The molecule has 2 rings (SSSR count). The molecule has 0 radical (unpaired) electrons. The highest BCUT2D eigenvalue weighted by atomic mass is 35.5. The number of Topliss-reactive ketones (excluding diaryl/α,β-unsaturated/α-hetero) is 1. The van der Waals surface area contributed by atoms with Crippen LogP contribution in [0.3, 0.4) is 0 Å². The number of carbonyl (C=O) groups is 1. The molecular weight excluding hydrogens is 309 g/mol. The molecule has 8 heteroatoms. The Hall–Kier alpha value is -2.02. The van der Waals surface area contributed by atoms with Crippen molar-refractivity contribution in [3.05, 3.63) is 36.3 Å². The summed E-state index contributed by atoms with van der Waals surface area (Å²) in [5.74, 6) is -0.647. The Balaban J connectivity index is 2.27. The number of benzene rings is 1. The van der Waals surface area contributed by atoms with Gasteiger partial charge in [0.05, 0.1) is 17.8 Å². The van der Waals surface area contributed by atoms with E-state index in [0.29, 0.717) is 11.3 Å². The average Bonchev–Trinajstić information content (AvgIpc) is 2.79. The Bertz CT molecular complexity index is 650. The smallest absolute Gasteiger partial charge is 0.406 e. The van der Waals surface area contributed by atoms with Crippen molar-refractivity contribution in [3.8, 4) is 17.0 Å². The molecule has 4 nitrogen and oxygen atoms in total. The van der Waals surface area contributed by atoms with E-state index in [1.54, 1.807) is 7.05 Å². The summed E-state index contributed by atoms with van der Waals surface area (Å²) in [6.07, 6.45) is -3.27. The van der Waals surface area contributed by atoms with Crippen molar-refractivity contribution in [2.75, 3.05) is 5.88 Å². The fourth-order valence-electron chi connectivity index (χ4n) is 1.82. The summed E-state index contributed by atoms with van der Waals surface area (Å²) in [7, 11) is 1.63. The maximum absolute atomic E-state index is 12.1. The quantitative estimate of drug-likeness (QED) is 0.641. The second-order valence-corrected chi connectivity index (χ2v) is 4.42. The van der Waals surface area contributed by atoms with Crippen molar-refractivity contribution in [1.82, 2.24) is 9.55 Å². The Kier molecular flexibility index (Phi) is 4.22. The largest absolute Gasteiger partial charge is 0.573 e. The monoisotopic (exact) mass is 318 g/mol. The van der Waals surface area contributed by atoms with Crippen molar-refractivity contribution < 1.29 is 22.7 Å². The Morgan fingerprint density at radius 3 is 2.48 bits per heavy atom. The van der Waals surface area contributed by atoms with Crippen LogP contribution in [0.1, 0.15) is 10.6 Å². The molecule has 0 bridgehead atoms. The molecule has 0 saturated carbocycles. The SMILES string of the molecule is Cn1c(-c2ccc(OC(F)(F)F)cc2)cnc1C(=O)CCl. The zero-order valence-corrected chi connectivity index (χ0v) is 11.6. The van der Waals surface area contributed by atoms with Gasteiger partial charge in [-0.05, 0) is 24.3 Å². The third-order valence-corrected chi connectivity index (χ3v) is 2.99. The van der Waals surface area contributed by atoms with Crippen LogP contribution in [0.25, 0.3) is 11.3 Å². The number of nitrogens with zero attached hydrogens (tertiary/aromatic N) is 2. The molecule has 0 saturated heterocycles. The van der Waals surface area contributed by atoms with Crippen LogP contribution in [0, 0.1) is 0 Å². The number of hydrogen-bond acceptors (Lipinski definition) is 3. The lowest BCUT2D eigenvalue weighted by Gasteiger charge is -2.09. The Morgan fingerprint density at radius 1 is 1.33 bits per heavy atom. The van der Waals surface area contributed by atoms with E-state index in [2.05, 4.69) is 9.72 Å². The van der Waals surface area contributed by atoms with Gasteiger partial charge in [-0.1, -0.05) is 0 Å². The van der Waals surface area contributed by atoms with Gasteiger partial charge in [0.25, 0.3) is 0 Å². The van der Waals surface area contributed by atoms with Gasteiger partial charge in [0.2, 0.25) is 5.78 Å². The second-order valence-electron chi connectivity index (χ2n) is 4.16. The number of carbonyl (C=O) groups excluding carboxylic acids is 1. The van der Waals surface area contributed by atoms with Gasteiger partial charge >= 0.3 is 6.36 Å². The van der Waals surface area contributed by atoms with E-state index in [9.17, 15) is 18.0 Å². The minimum absolute atomic E-state index is 0.190. The van der Waals surface area contributed by atoms with Crippen molar-refractivity contribution in [2.24, 2.45) is 7.05 Å². The number of ether oxygens (including phenoxy) is 1. The summed E-state index contributed by atoms with van der Waals surface area (Å²) in [4.78, 5) is 15.5. The van der Waals surface area contributed by atoms with Crippen molar-refractivity contribution in [3.63, 3.8) is 0 Å². The molecule has 0 aliphatic carbocycles. The minimum atomic E-state index is -4.73. The van der Waals surface area contributed by atoms with Crippen molar-refractivity contribution >= 4 is 17.4 Å². The number of alkyl halides is 4. The molecule has 0 spiro atoms. The Morgan fingerprint density at radius 2 is 1.95 bits per heavy atom. The van der Waals surface area contributed by atoms with E-state index >= 15 is 0 Å². The zero-order valence-electron chi connectivity index (χ0n) is 10.8. The lowest BCUT2D eigenvalue weighted by molar-refractivity contribution is -0.274. The first-order valence-electron chi connectivity index (χ1n) is 5.79. The number of ketones is 1. The zero-order chi connectivity index (χ0) is 15.6. The van der Waals surface area contributed by atoms with E-state index in [4.69, 9.17) is 11.6 Å². The van der Waals surface area contributed by atoms with Crippen molar-refractivity contribution in [2.45, 2.75) is 6.36 Å². The summed E-state index contributed by atoms with van der Waals surface area (Å²) in [5, 5.41) is 0. The van der Waals surface area contributed by atoms with Gasteiger partial charge in [0.1, 0.15) is 5.75 Å². The number of rotatable bonds is 4. The lowest BCUT2D eigenvalue weighted by Crippen LogP contribution is -2.16. The van der Waals surface area contributed by atoms with Gasteiger partial charge in [0.15, 0.2) is 5.82 Å². The molecule has 0 aliphatic rings. The van der Waals surface area contributed by atoms with Crippen molar-refractivity contribution in [1.29, 1.82) is 0 Å². The van der Waals surface area contributed by atoms with Crippen LogP contribution in [0.4, 0.5) is 13.2 Å². The van der Waals surface area contributed by atoms with Crippen LogP contribution in [-0.2, 0) is 7.05 Å². The number of hydrogen-bond donors (Lipinski definition) is 0. The number of imidazole rings is 1. The van der Waals surface area contributed by atoms with Gasteiger partial charge in [-0.25, -0.2) is 4.98 Å². The predicted octanol–water partition coefficient (Wildman–Crippen LogP) is 3.41. The van der Waals surface area contributed by atoms with Gasteiger partial charge in [-0.3, -0.25) is 4.79 Å².